The van der Waals surface area contributed by atoms with Crippen LogP contribution < -0.4 is 5.56 Å². The van der Waals surface area contributed by atoms with Crippen molar-refractivity contribution < 1.29 is 8.91 Å². The summed E-state index contributed by atoms with van der Waals surface area (Å²) < 4.78 is 20.8. The van der Waals surface area contributed by atoms with Crippen molar-refractivity contribution in [1.29, 1.82) is 0 Å². The number of fused-ring (bicyclic) bond motifs is 1. The van der Waals surface area contributed by atoms with Crippen LogP contribution in [0.5, 0.6) is 0 Å². The van der Waals surface area contributed by atoms with E-state index in [4.69, 9.17) is 16.1 Å². The zero-order valence-electron chi connectivity index (χ0n) is 13.4. The fraction of sp³-hybridized carbons (Fsp3) is 0.0556. The summed E-state index contributed by atoms with van der Waals surface area (Å²) in [5.74, 6) is -0.244. The number of halogens is 4. The number of aromatic nitrogens is 3. The Morgan fingerprint density at radius 1 is 1.19 bits per heavy atom. The lowest BCUT2D eigenvalue weighted by Crippen LogP contribution is -2.09. The molecule has 4 aromatic rings. The number of nitrogens with one attached hydrogen (secondary N) is 1. The standard InChI is InChI=1S/C18H9Br2ClFN3O2/c19-10-2-4-13-9(5-10)6-11(18(26)23-13)17-24-14(27-25-17)7-8-1-3-12(20)15(21)16(8)22/h1-6H,7H2,(H,23,26). The van der Waals surface area contributed by atoms with E-state index in [2.05, 4.69) is 47.0 Å². The molecule has 0 atom stereocenters. The average Bonchev–Trinajstić information content (AvgIpc) is 3.10. The van der Waals surface area contributed by atoms with Gasteiger partial charge in [-0.05, 0) is 51.8 Å². The number of benzene rings is 2. The third-order valence-corrected chi connectivity index (χ3v) is 5.72. The van der Waals surface area contributed by atoms with Crippen molar-refractivity contribution in [3.8, 4) is 11.4 Å². The number of pyridine rings is 1. The summed E-state index contributed by atoms with van der Waals surface area (Å²) in [6.07, 6.45) is 0.0584. The Bertz CT molecular complexity index is 1240. The predicted molar refractivity (Wildman–Crippen MR) is 107 cm³/mol. The van der Waals surface area contributed by atoms with Crippen LogP contribution in [-0.2, 0) is 6.42 Å². The van der Waals surface area contributed by atoms with Gasteiger partial charge >= 0.3 is 0 Å². The quantitative estimate of drug-likeness (QED) is 0.368. The molecule has 0 unspecified atom stereocenters. The topological polar surface area (TPSA) is 71.8 Å². The monoisotopic (exact) mass is 511 g/mol. The van der Waals surface area contributed by atoms with Gasteiger partial charge in [0.25, 0.3) is 5.56 Å². The van der Waals surface area contributed by atoms with E-state index in [0.717, 1.165) is 9.86 Å². The maximum atomic E-state index is 14.2. The summed E-state index contributed by atoms with van der Waals surface area (Å²) >= 11 is 12.5. The average molecular weight is 514 g/mol. The van der Waals surface area contributed by atoms with Gasteiger partial charge < -0.3 is 9.51 Å². The summed E-state index contributed by atoms with van der Waals surface area (Å²) in [7, 11) is 0. The molecule has 2 aromatic heterocycles. The number of H-pyrrole nitrogens is 1. The van der Waals surface area contributed by atoms with Gasteiger partial charge in [0.15, 0.2) is 0 Å². The molecule has 0 spiro atoms. The zero-order valence-corrected chi connectivity index (χ0v) is 17.3. The fourth-order valence-electron chi connectivity index (χ4n) is 2.65. The van der Waals surface area contributed by atoms with Crippen LogP contribution in [-0.4, -0.2) is 15.1 Å². The van der Waals surface area contributed by atoms with Crippen molar-refractivity contribution in [3.63, 3.8) is 0 Å². The lowest BCUT2D eigenvalue weighted by molar-refractivity contribution is 0.384. The maximum Gasteiger partial charge on any atom is 0.259 e. The number of hydrogen-bond acceptors (Lipinski definition) is 4. The van der Waals surface area contributed by atoms with E-state index in [-0.39, 0.29) is 34.3 Å². The summed E-state index contributed by atoms with van der Waals surface area (Å²) in [5.41, 5.74) is 0.942. The highest BCUT2D eigenvalue weighted by Crippen LogP contribution is 2.29. The number of nitrogens with zero attached hydrogens (tertiary/aromatic N) is 2. The molecule has 0 radical (unpaired) electrons. The first-order chi connectivity index (χ1) is 12.9. The second kappa shape index (κ2) is 7.18. The molecule has 4 rings (SSSR count). The number of aromatic amines is 1. The number of rotatable bonds is 3. The predicted octanol–water partition coefficient (Wildman–Crippen LogP) is 5.49. The van der Waals surface area contributed by atoms with Crippen LogP contribution in [0, 0.1) is 5.82 Å². The van der Waals surface area contributed by atoms with Crippen LogP contribution in [0.3, 0.4) is 0 Å². The van der Waals surface area contributed by atoms with Crippen LogP contribution in [0.15, 0.2) is 54.7 Å². The van der Waals surface area contributed by atoms with E-state index in [0.29, 0.717) is 15.6 Å². The lowest BCUT2D eigenvalue weighted by Gasteiger charge is -2.03. The molecule has 136 valence electrons. The van der Waals surface area contributed by atoms with E-state index in [1.165, 1.54) is 0 Å². The van der Waals surface area contributed by atoms with E-state index >= 15 is 0 Å². The van der Waals surface area contributed by atoms with Gasteiger partial charge in [-0.3, -0.25) is 4.79 Å². The minimum atomic E-state index is -0.556. The summed E-state index contributed by atoms with van der Waals surface area (Å²) in [6.45, 7) is 0. The van der Waals surface area contributed by atoms with Gasteiger partial charge in [0.1, 0.15) is 5.82 Å². The smallest absolute Gasteiger partial charge is 0.259 e. The molecule has 0 saturated carbocycles. The van der Waals surface area contributed by atoms with Crippen molar-refractivity contribution in [1.82, 2.24) is 15.1 Å². The highest BCUT2D eigenvalue weighted by atomic mass is 79.9. The Hall–Kier alpha value is -2.03. The molecule has 9 heteroatoms. The molecule has 5 nitrogen and oxygen atoms in total. The molecular weight excluding hydrogens is 504 g/mol. The normalized spacial score (nSPS) is 11.3. The highest BCUT2D eigenvalue weighted by Gasteiger charge is 2.17. The Morgan fingerprint density at radius 2 is 2.00 bits per heavy atom. The van der Waals surface area contributed by atoms with Crippen LogP contribution >= 0.6 is 43.5 Å². The van der Waals surface area contributed by atoms with Crippen LogP contribution in [0.25, 0.3) is 22.3 Å². The molecule has 0 saturated heterocycles. The van der Waals surface area contributed by atoms with Gasteiger partial charge in [0, 0.05) is 19.8 Å². The lowest BCUT2D eigenvalue weighted by atomic mass is 10.1. The van der Waals surface area contributed by atoms with Gasteiger partial charge in [-0.1, -0.05) is 38.8 Å². The molecule has 0 fully saturated rings. The van der Waals surface area contributed by atoms with Crippen molar-refractivity contribution in [2.75, 3.05) is 0 Å². The summed E-state index contributed by atoms with van der Waals surface area (Å²) in [5, 5.41) is 4.67. The van der Waals surface area contributed by atoms with Gasteiger partial charge in [0.2, 0.25) is 11.7 Å². The molecule has 0 bridgehead atoms. The molecule has 1 N–H and O–H groups in total. The minimum Gasteiger partial charge on any atom is -0.339 e. The SMILES string of the molecule is O=c1[nH]c2ccc(Br)cc2cc1-c1noc(Cc2ccc(Br)c(Cl)c2F)n1. The summed E-state index contributed by atoms with van der Waals surface area (Å²) in [6, 6.07) is 10.4. The first-order valence-electron chi connectivity index (χ1n) is 7.70. The van der Waals surface area contributed by atoms with Crippen molar-refractivity contribution in [2.45, 2.75) is 6.42 Å². The Balaban J connectivity index is 1.71. The van der Waals surface area contributed by atoms with Crippen LogP contribution in [0.2, 0.25) is 5.02 Å². The molecule has 0 amide bonds. The summed E-state index contributed by atoms with van der Waals surface area (Å²) in [4.78, 5) is 19.4. The molecule has 27 heavy (non-hydrogen) atoms. The van der Waals surface area contributed by atoms with E-state index in [9.17, 15) is 9.18 Å². The van der Waals surface area contributed by atoms with E-state index in [1.807, 2.05) is 12.1 Å². The van der Waals surface area contributed by atoms with E-state index in [1.54, 1.807) is 24.3 Å². The number of hydrogen-bond donors (Lipinski definition) is 1. The van der Waals surface area contributed by atoms with Gasteiger partial charge in [-0.25, -0.2) is 4.39 Å². The zero-order chi connectivity index (χ0) is 19.1. The third kappa shape index (κ3) is 3.56. The second-order valence-electron chi connectivity index (χ2n) is 5.77. The Morgan fingerprint density at radius 3 is 2.81 bits per heavy atom. The van der Waals surface area contributed by atoms with Crippen molar-refractivity contribution >= 4 is 54.4 Å². The van der Waals surface area contributed by atoms with Crippen molar-refractivity contribution in [2.24, 2.45) is 0 Å². The molecule has 2 aromatic carbocycles. The minimum absolute atomic E-state index is 0.0104. The van der Waals surface area contributed by atoms with Gasteiger partial charge in [-0.2, -0.15) is 4.98 Å². The molecule has 2 heterocycles. The molecular formula is C18H9Br2ClFN3O2. The Kier molecular flexibility index (Phi) is 4.88. The van der Waals surface area contributed by atoms with Crippen LogP contribution in [0.1, 0.15) is 11.5 Å². The first-order valence-corrected chi connectivity index (χ1v) is 9.66. The molecule has 0 aliphatic heterocycles. The second-order valence-corrected chi connectivity index (χ2v) is 7.91. The van der Waals surface area contributed by atoms with E-state index < -0.39 is 5.82 Å². The highest BCUT2D eigenvalue weighted by molar-refractivity contribution is 9.10. The van der Waals surface area contributed by atoms with Gasteiger partial charge in [-0.15, -0.1) is 0 Å². The molecule has 0 aliphatic rings. The first kappa shape index (κ1) is 18.3. The molecule has 0 aliphatic carbocycles. The van der Waals surface area contributed by atoms with Crippen LogP contribution in [0.4, 0.5) is 4.39 Å². The maximum absolute atomic E-state index is 14.2. The fourth-order valence-corrected chi connectivity index (χ4v) is 3.51. The Labute approximate surface area is 173 Å². The van der Waals surface area contributed by atoms with Gasteiger partial charge in [0.05, 0.1) is 17.0 Å². The largest absolute Gasteiger partial charge is 0.339 e. The van der Waals surface area contributed by atoms with Crippen molar-refractivity contribution in [3.05, 3.63) is 78.0 Å². The third-order valence-electron chi connectivity index (χ3n) is 3.97.